The van der Waals surface area contributed by atoms with Crippen LogP contribution in [0.4, 0.5) is 10.1 Å². The Labute approximate surface area is 180 Å². The minimum Gasteiger partial charge on any atom is -0.325 e. The van der Waals surface area contributed by atoms with Crippen LogP contribution in [0, 0.1) is 12.7 Å². The molecule has 0 fully saturated rings. The highest BCUT2D eigenvalue weighted by Gasteiger charge is 2.14. The summed E-state index contributed by atoms with van der Waals surface area (Å²) in [6.07, 6.45) is 3.65. The number of rotatable bonds is 5. The molecular formula is C22H17FN6OS. The molecule has 5 rings (SSSR count). The van der Waals surface area contributed by atoms with E-state index in [1.807, 2.05) is 53.2 Å². The lowest BCUT2D eigenvalue weighted by Crippen LogP contribution is -2.14. The molecule has 0 spiro atoms. The maximum absolute atomic E-state index is 13.7. The van der Waals surface area contributed by atoms with E-state index in [4.69, 9.17) is 0 Å². The molecule has 154 valence electrons. The van der Waals surface area contributed by atoms with Gasteiger partial charge in [-0.25, -0.2) is 8.91 Å². The lowest BCUT2D eigenvalue weighted by Gasteiger charge is -2.06. The fourth-order valence-corrected chi connectivity index (χ4v) is 3.95. The van der Waals surface area contributed by atoms with Crippen LogP contribution in [-0.2, 0) is 4.79 Å². The van der Waals surface area contributed by atoms with E-state index in [-0.39, 0.29) is 17.5 Å². The number of hydrogen-bond donors (Lipinski definition) is 1. The smallest absolute Gasteiger partial charge is 0.234 e. The van der Waals surface area contributed by atoms with Gasteiger partial charge in [0.25, 0.3) is 0 Å². The van der Waals surface area contributed by atoms with Crippen molar-refractivity contribution in [2.24, 2.45) is 0 Å². The van der Waals surface area contributed by atoms with E-state index >= 15 is 0 Å². The molecule has 0 aliphatic rings. The summed E-state index contributed by atoms with van der Waals surface area (Å²) in [7, 11) is 0. The first-order valence-electron chi connectivity index (χ1n) is 9.56. The van der Waals surface area contributed by atoms with Gasteiger partial charge in [0, 0.05) is 23.6 Å². The molecule has 0 unspecified atom stereocenters. The standard InChI is InChI=1S/C22H17FN6OS/c1-14-7-8-16(11-17(14)23)24-20(30)13-31-22-26-25-21-19-12-18(15-5-3-2-4-6-15)27-29(19)10-9-28(21)22/h2-12H,13H2,1H3,(H,24,30). The molecule has 0 atom stereocenters. The highest BCUT2D eigenvalue weighted by Crippen LogP contribution is 2.24. The summed E-state index contributed by atoms with van der Waals surface area (Å²) in [5.41, 5.74) is 4.29. The summed E-state index contributed by atoms with van der Waals surface area (Å²) in [6, 6.07) is 16.5. The van der Waals surface area contributed by atoms with Crippen LogP contribution in [0.1, 0.15) is 5.56 Å². The molecule has 9 heteroatoms. The van der Waals surface area contributed by atoms with Gasteiger partial charge in [0.05, 0.1) is 11.4 Å². The number of aromatic nitrogens is 5. The van der Waals surface area contributed by atoms with E-state index in [1.165, 1.54) is 17.8 Å². The Morgan fingerprint density at radius 1 is 1.10 bits per heavy atom. The van der Waals surface area contributed by atoms with Crippen LogP contribution in [0.25, 0.3) is 22.4 Å². The Hall–Kier alpha value is -3.72. The molecule has 7 nitrogen and oxygen atoms in total. The lowest BCUT2D eigenvalue weighted by molar-refractivity contribution is -0.113. The lowest BCUT2D eigenvalue weighted by atomic mass is 10.1. The minimum atomic E-state index is -0.353. The van der Waals surface area contributed by atoms with Crippen molar-refractivity contribution in [1.82, 2.24) is 24.2 Å². The monoisotopic (exact) mass is 432 g/mol. The van der Waals surface area contributed by atoms with Crippen LogP contribution in [0.5, 0.6) is 0 Å². The van der Waals surface area contributed by atoms with E-state index in [1.54, 1.807) is 23.6 Å². The van der Waals surface area contributed by atoms with E-state index in [0.29, 0.717) is 22.1 Å². The molecule has 1 amide bonds. The second kappa shape index (κ2) is 7.84. The molecule has 0 bridgehead atoms. The number of anilines is 1. The van der Waals surface area contributed by atoms with Crippen molar-refractivity contribution in [3.05, 3.63) is 78.4 Å². The zero-order valence-electron chi connectivity index (χ0n) is 16.5. The van der Waals surface area contributed by atoms with Crippen LogP contribution in [0.15, 0.2) is 72.1 Å². The Kier molecular flexibility index (Phi) is 4.87. The second-order valence-corrected chi connectivity index (χ2v) is 7.94. The molecule has 3 aromatic heterocycles. The van der Waals surface area contributed by atoms with Gasteiger partial charge in [0.1, 0.15) is 11.3 Å². The number of thioether (sulfide) groups is 1. The summed E-state index contributed by atoms with van der Waals surface area (Å²) in [5, 5.41) is 16.4. The predicted molar refractivity (Wildman–Crippen MR) is 118 cm³/mol. The van der Waals surface area contributed by atoms with E-state index in [2.05, 4.69) is 20.6 Å². The Bertz CT molecular complexity index is 1410. The third kappa shape index (κ3) is 3.75. The molecule has 0 aliphatic carbocycles. The summed E-state index contributed by atoms with van der Waals surface area (Å²) in [4.78, 5) is 12.3. The number of hydrogen-bond acceptors (Lipinski definition) is 5. The van der Waals surface area contributed by atoms with Gasteiger partial charge in [-0.3, -0.25) is 9.20 Å². The van der Waals surface area contributed by atoms with Gasteiger partial charge >= 0.3 is 0 Å². The first kappa shape index (κ1) is 19.3. The molecule has 0 saturated heterocycles. The number of benzene rings is 2. The van der Waals surface area contributed by atoms with Crippen molar-refractivity contribution < 1.29 is 9.18 Å². The van der Waals surface area contributed by atoms with E-state index in [0.717, 1.165) is 16.8 Å². The quantitative estimate of drug-likeness (QED) is 0.421. The van der Waals surface area contributed by atoms with Crippen LogP contribution in [-0.4, -0.2) is 35.9 Å². The summed E-state index contributed by atoms with van der Waals surface area (Å²) in [5.74, 6) is -0.480. The van der Waals surface area contributed by atoms with E-state index in [9.17, 15) is 9.18 Å². The van der Waals surface area contributed by atoms with Gasteiger partial charge in [0.2, 0.25) is 5.91 Å². The average molecular weight is 432 g/mol. The molecule has 0 aliphatic heterocycles. The summed E-state index contributed by atoms with van der Waals surface area (Å²) in [6.45, 7) is 1.67. The highest BCUT2D eigenvalue weighted by atomic mass is 32.2. The molecule has 31 heavy (non-hydrogen) atoms. The van der Waals surface area contributed by atoms with Gasteiger partial charge in [-0.15, -0.1) is 10.2 Å². The van der Waals surface area contributed by atoms with Gasteiger partial charge in [-0.05, 0) is 30.7 Å². The van der Waals surface area contributed by atoms with Gasteiger partial charge in [0.15, 0.2) is 10.8 Å². The largest absolute Gasteiger partial charge is 0.325 e. The SMILES string of the molecule is Cc1ccc(NC(=O)CSc2nnc3c4cc(-c5ccccc5)nn4ccn23)cc1F. The molecule has 0 saturated carbocycles. The van der Waals surface area contributed by atoms with Gasteiger partial charge in [-0.2, -0.15) is 5.10 Å². The number of carbonyl (C=O) groups excluding carboxylic acids is 1. The molecule has 5 aromatic rings. The first-order valence-corrected chi connectivity index (χ1v) is 10.5. The Morgan fingerprint density at radius 3 is 2.74 bits per heavy atom. The molecule has 0 radical (unpaired) electrons. The number of amides is 1. The van der Waals surface area contributed by atoms with Crippen LogP contribution >= 0.6 is 11.8 Å². The van der Waals surface area contributed by atoms with Crippen LogP contribution < -0.4 is 5.32 Å². The van der Waals surface area contributed by atoms with Crippen molar-refractivity contribution in [1.29, 1.82) is 0 Å². The topological polar surface area (TPSA) is 76.6 Å². The maximum Gasteiger partial charge on any atom is 0.234 e. The molecule has 3 heterocycles. The fraction of sp³-hybridized carbons (Fsp3) is 0.0909. The van der Waals surface area contributed by atoms with Gasteiger partial charge < -0.3 is 5.32 Å². The van der Waals surface area contributed by atoms with Crippen molar-refractivity contribution in [2.75, 3.05) is 11.1 Å². The zero-order valence-corrected chi connectivity index (χ0v) is 17.3. The number of carbonyl (C=O) groups is 1. The van der Waals surface area contributed by atoms with Gasteiger partial charge in [-0.1, -0.05) is 48.2 Å². The molecule has 2 aromatic carbocycles. The normalized spacial score (nSPS) is 11.3. The van der Waals surface area contributed by atoms with Crippen LogP contribution in [0.3, 0.4) is 0 Å². The average Bonchev–Trinajstić information content (AvgIpc) is 3.39. The number of fused-ring (bicyclic) bond motifs is 3. The van der Waals surface area contributed by atoms with Crippen molar-refractivity contribution in [2.45, 2.75) is 12.1 Å². The number of nitrogens with zero attached hydrogens (tertiary/aromatic N) is 5. The zero-order chi connectivity index (χ0) is 21.4. The molecule has 1 N–H and O–H groups in total. The van der Waals surface area contributed by atoms with E-state index < -0.39 is 0 Å². The van der Waals surface area contributed by atoms with Crippen molar-refractivity contribution >= 4 is 34.5 Å². The number of nitrogens with one attached hydrogen (secondary N) is 1. The summed E-state index contributed by atoms with van der Waals surface area (Å²) >= 11 is 1.26. The highest BCUT2D eigenvalue weighted by molar-refractivity contribution is 7.99. The first-order chi connectivity index (χ1) is 15.1. The Balaban J connectivity index is 1.35. The third-order valence-corrected chi connectivity index (χ3v) is 5.79. The number of aryl methyl sites for hydroxylation is 1. The maximum atomic E-state index is 13.7. The minimum absolute atomic E-state index is 0.121. The second-order valence-electron chi connectivity index (χ2n) is 7.00. The molecular weight excluding hydrogens is 415 g/mol. The fourth-order valence-electron chi connectivity index (χ4n) is 3.24. The van der Waals surface area contributed by atoms with Crippen molar-refractivity contribution in [3.63, 3.8) is 0 Å². The predicted octanol–water partition coefficient (Wildman–Crippen LogP) is 4.22. The van der Waals surface area contributed by atoms with Crippen LogP contribution in [0.2, 0.25) is 0 Å². The number of halogens is 1. The third-order valence-electron chi connectivity index (χ3n) is 4.84. The summed E-state index contributed by atoms with van der Waals surface area (Å²) < 4.78 is 17.3. The Morgan fingerprint density at radius 2 is 1.94 bits per heavy atom. The van der Waals surface area contributed by atoms with Crippen molar-refractivity contribution in [3.8, 4) is 11.3 Å².